The third-order valence-corrected chi connectivity index (χ3v) is 3.53. The van der Waals surface area contributed by atoms with E-state index in [1.54, 1.807) is 0 Å². The molecule has 0 aliphatic heterocycles. The third kappa shape index (κ3) is 2.60. The standard InChI is InChI=1S/C13H15ClO/c1-9(10-6-7-10)13(15)8-11-4-2-3-5-12(11)14/h2-5,9-10H,6-8H2,1H3. The number of carbonyl (C=O) groups is 1. The maximum Gasteiger partial charge on any atom is 0.140 e. The summed E-state index contributed by atoms with van der Waals surface area (Å²) >= 11 is 6.02. The van der Waals surface area contributed by atoms with E-state index >= 15 is 0 Å². The predicted molar refractivity (Wildman–Crippen MR) is 62.1 cm³/mol. The second-order valence-electron chi connectivity index (χ2n) is 4.36. The van der Waals surface area contributed by atoms with Crippen LogP contribution in [0.2, 0.25) is 5.02 Å². The van der Waals surface area contributed by atoms with Crippen LogP contribution in [0.1, 0.15) is 25.3 Å². The maximum atomic E-state index is 11.9. The molecule has 1 saturated carbocycles. The molecule has 0 N–H and O–H groups in total. The lowest BCUT2D eigenvalue weighted by atomic mass is 9.95. The minimum absolute atomic E-state index is 0.210. The van der Waals surface area contributed by atoms with E-state index in [-0.39, 0.29) is 5.92 Å². The zero-order valence-corrected chi connectivity index (χ0v) is 9.63. The van der Waals surface area contributed by atoms with Gasteiger partial charge in [0, 0.05) is 17.4 Å². The van der Waals surface area contributed by atoms with Gasteiger partial charge >= 0.3 is 0 Å². The first-order chi connectivity index (χ1) is 7.18. The van der Waals surface area contributed by atoms with E-state index in [1.807, 2.05) is 31.2 Å². The molecular formula is C13H15ClO. The van der Waals surface area contributed by atoms with Crippen LogP contribution in [-0.2, 0) is 11.2 Å². The molecule has 0 heterocycles. The summed E-state index contributed by atoms with van der Waals surface area (Å²) in [5.41, 5.74) is 0.955. The van der Waals surface area contributed by atoms with Crippen LogP contribution >= 0.6 is 11.6 Å². The van der Waals surface area contributed by atoms with E-state index < -0.39 is 0 Å². The van der Waals surface area contributed by atoms with Gasteiger partial charge in [-0.1, -0.05) is 36.7 Å². The van der Waals surface area contributed by atoms with Crippen molar-refractivity contribution in [3.63, 3.8) is 0 Å². The van der Waals surface area contributed by atoms with Gasteiger partial charge in [0.1, 0.15) is 5.78 Å². The number of rotatable bonds is 4. The number of hydrogen-bond donors (Lipinski definition) is 0. The van der Waals surface area contributed by atoms with Crippen LogP contribution in [0.3, 0.4) is 0 Å². The molecule has 1 fully saturated rings. The highest BCUT2D eigenvalue weighted by molar-refractivity contribution is 6.31. The molecule has 1 atom stereocenters. The molecule has 0 aromatic heterocycles. The zero-order valence-electron chi connectivity index (χ0n) is 8.87. The smallest absolute Gasteiger partial charge is 0.140 e. The van der Waals surface area contributed by atoms with Gasteiger partial charge in [0.15, 0.2) is 0 Å². The van der Waals surface area contributed by atoms with Crippen molar-refractivity contribution in [3.8, 4) is 0 Å². The Morgan fingerprint density at radius 1 is 1.47 bits per heavy atom. The Labute approximate surface area is 95.4 Å². The van der Waals surface area contributed by atoms with E-state index in [2.05, 4.69) is 0 Å². The van der Waals surface area contributed by atoms with Gasteiger partial charge in [-0.05, 0) is 30.4 Å². The van der Waals surface area contributed by atoms with E-state index in [0.717, 1.165) is 5.56 Å². The first-order valence-corrected chi connectivity index (χ1v) is 5.82. The molecule has 1 aromatic rings. The van der Waals surface area contributed by atoms with Gasteiger partial charge in [-0.25, -0.2) is 0 Å². The van der Waals surface area contributed by atoms with Crippen molar-refractivity contribution < 1.29 is 4.79 Å². The van der Waals surface area contributed by atoms with Crippen molar-refractivity contribution in [2.24, 2.45) is 11.8 Å². The number of ketones is 1. The number of benzene rings is 1. The van der Waals surface area contributed by atoms with Crippen molar-refractivity contribution >= 4 is 17.4 Å². The lowest BCUT2D eigenvalue weighted by Gasteiger charge is -2.09. The summed E-state index contributed by atoms with van der Waals surface area (Å²) < 4.78 is 0. The highest BCUT2D eigenvalue weighted by Crippen LogP contribution is 2.37. The van der Waals surface area contributed by atoms with Crippen molar-refractivity contribution in [1.29, 1.82) is 0 Å². The zero-order chi connectivity index (χ0) is 10.8. The Balaban J connectivity index is 2.02. The minimum atomic E-state index is 0.210. The summed E-state index contributed by atoms with van der Waals surface area (Å²) in [5, 5.41) is 0.703. The Morgan fingerprint density at radius 3 is 2.73 bits per heavy atom. The lowest BCUT2D eigenvalue weighted by Crippen LogP contribution is -2.15. The van der Waals surface area contributed by atoms with E-state index in [1.165, 1.54) is 12.8 Å². The van der Waals surface area contributed by atoms with Gasteiger partial charge in [0.25, 0.3) is 0 Å². The summed E-state index contributed by atoms with van der Waals surface area (Å²) in [5.74, 6) is 1.17. The number of halogens is 1. The normalized spacial score (nSPS) is 17.5. The van der Waals surface area contributed by atoms with Gasteiger partial charge in [-0.2, -0.15) is 0 Å². The van der Waals surface area contributed by atoms with Gasteiger partial charge in [-0.15, -0.1) is 0 Å². The van der Waals surface area contributed by atoms with Crippen LogP contribution in [0.4, 0.5) is 0 Å². The highest BCUT2D eigenvalue weighted by atomic mass is 35.5. The van der Waals surface area contributed by atoms with Gasteiger partial charge in [0.05, 0.1) is 0 Å². The quantitative estimate of drug-likeness (QED) is 0.762. The summed E-state index contributed by atoms with van der Waals surface area (Å²) in [6.45, 7) is 2.04. The van der Waals surface area contributed by atoms with E-state index in [0.29, 0.717) is 23.1 Å². The molecule has 0 spiro atoms. The van der Waals surface area contributed by atoms with Crippen LogP contribution in [-0.4, -0.2) is 5.78 Å². The third-order valence-electron chi connectivity index (χ3n) is 3.16. The van der Waals surface area contributed by atoms with Crippen LogP contribution in [0.5, 0.6) is 0 Å². The van der Waals surface area contributed by atoms with Gasteiger partial charge < -0.3 is 0 Å². The summed E-state index contributed by atoms with van der Waals surface area (Å²) in [6, 6.07) is 7.59. The largest absolute Gasteiger partial charge is 0.299 e. The second-order valence-corrected chi connectivity index (χ2v) is 4.77. The van der Waals surface area contributed by atoms with Crippen LogP contribution in [0.15, 0.2) is 24.3 Å². The van der Waals surface area contributed by atoms with E-state index in [9.17, 15) is 4.79 Å². The molecule has 2 heteroatoms. The molecule has 0 bridgehead atoms. The maximum absolute atomic E-state index is 11.9. The SMILES string of the molecule is CC(C(=O)Cc1ccccc1Cl)C1CC1. The molecule has 1 aliphatic rings. The number of carbonyl (C=O) groups excluding carboxylic acids is 1. The fourth-order valence-electron chi connectivity index (χ4n) is 1.85. The number of hydrogen-bond acceptors (Lipinski definition) is 1. The van der Waals surface area contributed by atoms with Gasteiger partial charge in [0.2, 0.25) is 0 Å². The van der Waals surface area contributed by atoms with Crippen LogP contribution in [0, 0.1) is 11.8 Å². The highest BCUT2D eigenvalue weighted by Gasteiger charge is 2.32. The van der Waals surface area contributed by atoms with Crippen LogP contribution in [0.25, 0.3) is 0 Å². The molecule has 1 nitrogen and oxygen atoms in total. The van der Waals surface area contributed by atoms with Crippen molar-refractivity contribution in [2.45, 2.75) is 26.2 Å². The molecule has 2 rings (SSSR count). The second kappa shape index (κ2) is 4.36. The Morgan fingerprint density at radius 2 is 2.13 bits per heavy atom. The minimum Gasteiger partial charge on any atom is -0.299 e. The molecular weight excluding hydrogens is 208 g/mol. The van der Waals surface area contributed by atoms with Crippen molar-refractivity contribution in [3.05, 3.63) is 34.9 Å². The monoisotopic (exact) mass is 222 g/mol. The Bertz CT molecular complexity index is 369. The molecule has 1 unspecified atom stereocenters. The van der Waals surface area contributed by atoms with E-state index in [4.69, 9.17) is 11.6 Å². The van der Waals surface area contributed by atoms with Crippen LogP contribution < -0.4 is 0 Å². The Kier molecular flexibility index (Phi) is 3.11. The molecule has 0 radical (unpaired) electrons. The molecule has 1 aliphatic carbocycles. The van der Waals surface area contributed by atoms with Crippen molar-refractivity contribution in [2.75, 3.05) is 0 Å². The lowest BCUT2D eigenvalue weighted by molar-refractivity contribution is -0.122. The number of Topliss-reactive ketones (excluding diaryl/α,β-unsaturated/α-hetero) is 1. The van der Waals surface area contributed by atoms with Gasteiger partial charge in [-0.3, -0.25) is 4.79 Å². The summed E-state index contributed by atoms with van der Waals surface area (Å²) in [4.78, 5) is 11.9. The molecule has 15 heavy (non-hydrogen) atoms. The Hall–Kier alpha value is -0.820. The fraction of sp³-hybridized carbons (Fsp3) is 0.462. The first-order valence-electron chi connectivity index (χ1n) is 5.44. The fourth-order valence-corrected chi connectivity index (χ4v) is 2.05. The molecule has 0 saturated heterocycles. The summed E-state index contributed by atoms with van der Waals surface area (Å²) in [7, 11) is 0. The first kappa shape index (κ1) is 10.7. The molecule has 0 amide bonds. The molecule has 1 aromatic carbocycles. The summed E-state index contributed by atoms with van der Waals surface area (Å²) in [6.07, 6.45) is 2.92. The average Bonchev–Trinajstić information content (AvgIpc) is 3.04. The topological polar surface area (TPSA) is 17.1 Å². The molecule has 80 valence electrons. The predicted octanol–water partition coefficient (Wildman–Crippen LogP) is 3.50. The average molecular weight is 223 g/mol. The van der Waals surface area contributed by atoms with Crippen molar-refractivity contribution in [1.82, 2.24) is 0 Å².